The molecule has 0 unspecified atom stereocenters. The van der Waals surface area contributed by atoms with Gasteiger partial charge in [0, 0.05) is 6.20 Å². The van der Waals surface area contributed by atoms with Crippen molar-refractivity contribution in [1.29, 1.82) is 0 Å². The molecular formula is C8H14N2S. The standard InChI is InChI=1S/C6H8N2S.C2H6/c1-5-2-3-8-6(4-5)9-7;1-2/h2-4H,7H2,1H3;1-2H3. The Hall–Kier alpha value is -0.540. The maximum atomic E-state index is 5.27. The lowest BCUT2D eigenvalue weighted by Crippen LogP contribution is -1.84. The topological polar surface area (TPSA) is 38.9 Å². The fraction of sp³-hybridized carbons (Fsp3) is 0.375. The summed E-state index contributed by atoms with van der Waals surface area (Å²) in [4.78, 5) is 4.00. The van der Waals surface area contributed by atoms with Gasteiger partial charge in [0.25, 0.3) is 0 Å². The van der Waals surface area contributed by atoms with Gasteiger partial charge in [-0.3, -0.25) is 5.14 Å². The molecule has 0 aromatic carbocycles. The lowest BCUT2D eigenvalue weighted by molar-refractivity contribution is 1.11. The third-order valence-corrected chi connectivity index (χ3v) is 1.48. The van der Waals surface area contributed by atoms with Gasteiger partial charge in [0.1, 0.15) is 5.03 Å². The zero-order valence-electron chi connectivity index (χ0n) is 7.16. The molecule has 0 saturated heterocycles. The zero-order chi connectivity index (χ0) is 8.69. The average Bonchev–Trinajstić information content (AvgIpc) is 2.08. The van der Waals surface area contributed by atoms with E-state index in [1.807, 2.05) is 32.9 Å². The molecule has 0 fully saturated rings. The molecule has 62 valence electrons. The van der Waals surface area contributed by atoms with E-state index in [1.165, 1.54) is 17.5 Å². The van der Waals surface area contributed by atoms with Crippen LogP contribution in [0.4, 0.5) is 0 Å². The fourth-order valence-electron chi connectivity index (χ4n) is 0.573. The molecule has 2 nitrogen and oxygen atoms in total. The number of aryl methyl sites for hydroxylation is 1. The molecule has 0 amide bonds. The van der Waals surface area contributed by atoms with Crippen LogP contribution in [-0.4, -0.2) is 4.98 Å². The molecule has 0 spiro atoms. The van der Waals surface area contributed by atoms with Gasteiger partial charge < -0.3 is 0 Å². The van der Waals surface area contributed by atoms with Gasteiger partial charge in [0.15, 0.2) is 0 Å². The van der Waals surface area contributed by atoms with E-state index < -0.39 is 0 Å². The maximum absolute atomic E-state index is 5.27. The maximum Gasteiger partial charge on any atom is 0.111 e. The van der Waals surface area contributed by atoms with Gasteiger partial charge in [-0.2, -0.15) is 0 Å². The van der Waals surface area contributed by atoms with E-state index in [1.54, 1.807) is 6.20 Å². The first-order valence-electron chi connectivity index (χ1n) is 3.62. The van der Waals surface area contributed by atoms with Gasteiger partial charge >= 0.3 is 0 Å². The van der Waals surface area contributed by atoms with E-state index in [4.69, 9.17) is 5.14 Å². The smallest absolute Gasteiger partial charge is 0.111 e. The van der Waals surface area contributed by atoms with Gasteiger partial charge in [-0.05, 0) is 36.6 Å². The average molecular weight is 170 g/mol. The van der Waals surface area contributed by atoms with E-state index >= 15 is 0 Å². The lowest BCUT2D eigenvalue weighted by Gasteiger charge is -1.93. The Labute approximate surface area is 72.4 Å². The first-order valence-corrected chi connectivity index (χ1v) is 4.50. The minimum Gasteiger partial charge on any atom is -0.272 e. The van der Waals surface area contributed by atoms with Crippen LogP contribution >= 0.6 is 11.9 Å². The summed E-state index contributed by atoms with van der Waals surface area (Å²) < 4.78 is 0. The van der Waals surface area contributed by atoms with Crippen molar-refractivity contribution in [2.45, 2.75) is 25.8 Å². The summed E-state index contributed by atoms with van der Waals surface area (Å²) in [5, 5.41) is 6.14. The van der Waals surface area contributed by atoms with Gasteiger partial charge in [0.05, 0.1) is 0 Å². The predicted octanol–water partition coefficient (Wildman–Crippen LogP) is 2.38. The Morgan fingerprint density at radius 2 is 2.09 bits per heavy atom. The minimum atomic E-state index is 0.870. The second kappa shape index (κ2) is 6.19. The van der Waals surface area contributed by atoms with Gasteiger partial charge in [-0.15, -0.1) is 0 Å². The molecule has 0 bridgehead atoms. The molecule has 0 aliphatic heterocycles. The van der Waals surface area contributed by atoms with Crippen LogP contribution in [0.2, 0.25) is 0 Å². The highest BCUT2D eigenvalue weighted by atomic mass is 32.2. The molecule has 1 heterocycles. The molecule has 0 aliphatic carbocycles. The number of aromatic nitrogens is 1. The molecule has 1 aromatic heterocycles. The molecule has 1 aromatic rings. The number of nitrogens with zero attached hydrogens (tertiary/aromatic N) is 1. The van der Waals surface area contributed by atoms with Gasteiger partial charge in [-0.1, -0.05) is 13.8 Å². The van der Waals surface area contributed by atoms with E-state index in [9.17, 15) is 0 Å². The molecule has 1 rings (SSSR count). The van der Waals surface area contributed by atoms with Crippen LogP contribution in [0.15, 0.2) is 23.4 Å². The van der Waals surface area contributed by atoms with Crippen LogP contribution in [0.3, 0.4) is 0 Å². The normalized spacial score (nSPS) is 8.36. The number of nitrogens with two attached hydrogens (primary N) is 1. The first kappa shape index (κ1) is 10.5. The highest BCUT2D eigenvalue weighted by molar-refractivity contribution is 7.97. The molecule has 11 heavy (non-hydrogen) atoms. The van der Waals surface area contributed by atoms with Crippen molar-refractivity contribution in [2.24, 2.45) is 5.14 Å². The molecule has 0 saturated carbocycles. The molecule has 0 radical (unpaired) electrons. The summed E-state index contributed by atoms with van der Waals surface area (Å²) in [6, 6.07) is 3.89. The van der Waals surface area contributed by atoms with E-state index in [0.29, 0.717) is 0 Å². The van der Waals surface area contributed by atoms with Gasteiger partial charge in [-0.25, -0.2) is 4.98 Å². The Balaban J connectivity index is 0.000000461. The van der Waals surface area contributed by atoms with Crippen LogP contribution in [0, 0.1) is 6.92 Å². The van der Waals surface area contributed by atoms with Crippen LogP contribution in [0.1, 0.15) is 19.4 Å². The van der Waals surface area contributed by atoms with Crippen molar-refractivity contribution in [3.8, 4) is 0 Å². The highest BCUT2D eigenvalue weighted by Gasteiger charge is 1.88. The summed E-state index contributed by atoms with van der Waals surface area (Å²) in [5.74, 6) is 0. The van der Waals surface area contributed by atoms with Crippen LogP contribution < -0.4 is 5.14 Å². The Bertz CT molecular complexity index is 201. The number of hydrogen-bond acceptors (Lipinski definition) is 3. The van der Waals surface area contributed by atoms with Crippen LogP contribution in [0.5, 0.6) is 0 Å². The quantitative estimate of drug-likeness (QED) is 0.658. The molecular weight excluding hydrogens is 156 g/mol. The number of rotatable bonds is 1. The van der Waals surface area contributed by atoms with Crippen molar-refractivity contribution in [2.75, 3.05) is 0 Å². The van der Waals surface area contributed by atoms with Crippen LogP contribution in [0.25, 0.3) is 0 Å². The Morgan fingerprint density at radius 3 is 2.45 bits per heavy atom. The predicted molar refractivity (Wildman–Crippen MR) is 50.4 cm³/mol. The van der Waals surface area contributed by atoms with Crippen molar-refractivity contribution in [3.05, 3.63) is 23.9 Å². The van der Waals surface area contributed by atoms with E-state index in [0.717, 1.165) is 5.03 Å². The molecule has 0 aliphatic rings. The summed E-state index contributed by atoms with van der Waals surface area (Å²) >= 11 is 1.17. The molecule has 2 N–H and O–H groups in total. The third-order valence-electron chi connectivity index (χ3n) is 1.01. The lowest BCUT2D eigenvalue weighted by atomic mass is 10.3. The zero-order valence-corrected chi connectivity index (χ0v) is 7.98. The molecule has 0 atom stereocenters. The van der Waals surface area contributed by atoms with Crippen LogP contribution in [-0.2, 0) is 0 Å². The fourth-order valence-corrected chi connectivity index (χ4v) is 0.949. The first-order chi connectivity index (χ1) is 5.33. The molecule has 3 heteroatoms. The Morgan fingerprint density at radius 1 is 1.45 bits per heavy atom. The third kappa shape index (κ3) is 4.01. The van der Waals surface area contributed by atoms with Crippen molar-refractivity contribution < 1.29 is 0 Å². The summed E-state index contributed by atoms with van der Waals surface area (Å²) in [6.45, 7) is 6.02. The SMILES string of the molecule is CC.Cc1ccnc(SN)c1. The number of pyridine rings is 1. The largest absolute Gasteiger partial charge is 0.272 e. The van der Waals surface area contributed by atoms with E-state index in [-0.39, 0.29) is 0 Å². The van der Waals surface area contributed by atoms with E-state index in [2.05, 4.69) is 4.98 Å². The van der Waals surface area contributed by atoms with Crippen molar-refractivity contribution in [1.82, 2.24) is 4.98 Å². The minimum absolute atomic E-state index is 0.870. The monoisotopic (exact) mass is 170 g/mol. The number of hydrogen-bond donors (Lipinski definition) is 1. The highest BCUT2D eigenvalue weighted by Crippen LogP contribution is 2.07. The summed E-state index contributed by atoms with van der Waals surface area (Å²) in [6.07, 6.45) is 1.75. The van der Waals surface area contributed by atoms with Crippen molar-refractivity contribution >= 4 is 11.9 Å². The second-order valence-electron chi connectivity index (χ2n) is 1.79. The Kier molecular flexibility index (Phi) is 5.88. The summed E-state index contributed by atoms with van der Waals surface area (Å²) in [5.41, 5.74) is 1.19. The summed E-state index contributed by atoms with van der Waals surface area (Å²) in [7, 11) is 0. The second-order valence-corrected chi connectivity index (χ2v) is 2.44. The van der Waals surface area contributed by atoms with Crippen molar-refractivity contribution in [3.63, 3.8) is 0 Å². The van der Waals surface area contributed by atoms with Gasteiger partial charge in [0.2, 0.25) is 0 Å².